The van der Waals surface area contributed by atoms with Crippen molar-refractivity contribution in [3.8, 4) is 0 Å². The van der Waals surface area contributed by atoms with E-state index >= 15 is 0 Å². The van der Waals surface area contributed by atoms with Crippen molar-refractivity contribution in [2.24, 2.45) is 0 Å². The molecule has 3 nitrogen and oxygen atoms in total. The van der Waals surface area contributed by atoms with Crippen molar-refractivity contribution < 1.29 is 0 Å². The molecular weight excluding hydrogens is 304 g/mol. The zero-order valence-electron chi connectivity index (χ0n) is 8.86. The minimum atomic E-state index is -0.0917. The normalized spacial score (nSPS) is 10.5. The second kappa shape index (κ2) is 4.94. The Labute approximate surface area is 112 Å². The predicted molar refractivity (Wildman–Crippen MR) is 73.4 cm³/mol. The van der Waals surface area contributed by atoms with Crippen LogP contribution in [0, 0.1) is 0 Å². The van der Waals surface area contributed by atoms with Crippen LogP contribution in [-0.2, 0) is 6.54 Å². The SMILES string of the molecule is Nc1ccc(Cl)c(Cn2cccc(Br)c2=O)c1. The topological polar surface area (TPSA) is 48.0 Å². The van der Waals surface area contributed by atoms with Crippen LogP contribution in [0.15, 0.2) is 45.8 Å². The zero-order chi connectivity index (χ0) is 12.4. The summed E-state index contributed by atoms with van der Waals surface area (Å²) in [5, 5.41) is 0.603. The molecule has 0 aliphatic carbocycles. The van der Waals surface area contributed by atoms with Crippen LogP contribution in [0.25, 0.3) is 0 Å². The highest BCUT2D eigenvalue weighted by atomic mass is 79.9. The molecule has 17 heavy (non-hydrogen) atoms. The summed E-state index contributed by atoms with van der Waals surface area (Å²) in [4.78, 5) is 11.8. The Bertz CT molecular complexity index is 610. The van der Waals surface area contributed by atoms with Crippen molar-refractivity contribution in [1.29, 1.82) is 0 Å². The first-order valence-electron chi connectivity index (χ1n) is 4.97. The van der Waals surface area contributed by atoms with Gasteiger partial charge in [-0.3, -0.25) is 4.79 Å². The molecule has 0 unspecified atom stereocenters. The van der Waals surface area contributed by atoms with Crippen LogP contribution in [0.4, 0.5) is 5.69 Å². The molecule has 1 aromatic heterocycles. The van der Waals surface area contributed by atoms with Crippen LogP contribution < -0.4 is 11.3 Å². The van der Waals surface area contributed by atoms with Crippen molar-refractivity contribution in [3.05, 3.63) is 61.9 Å². The summed E-state index contributed by atoms with van der Waals surface area (Å²) in [5.74, 6) is 0. The molecule has 2 aromatic rings. The summed E-state index contributed by atoms with van der Waals surface area (Å²) in [6.07, 6.45) is 1.71. The Morgan fingerprint density at radius 1 is 1.35 bits per heavy atom. The number of nitrogen functional groups attached to an aromatic ring is 1. The van der Waals surface area contributed by atoms with Gasteiger partial charge in [-0.15, -0.1) is 0 Å². The molecule has 5 heteroatoms. The van der Waals surface area contributed by atoms with Crippen LogP contribution in [0.1, 0.15) is 5.56 Å². The Morgan fingerprint density at radius 2 is 2.12 bits per heavy atom. The predicted octanol–water partition coefficient (Wildman–Crippen LogP) is 2.89. The van der Waals surface area contributed by atoms with E-state index in [-0.39, 0.29) is 5.56 Å². The van der Waals surface area contributed by atoms with E-state index in [4.69, 9.17) is 17.3 Å². The summed E-state index contributed by atoms with van der Waals surface area (Å²) >= 11 is 9.26. The van der Waals surface area contributed by atoms with Crippen molar-refractivity contribution in [1.82, 2.24) is 4.57 Å². The third-order valence-electron chi connectivity index (χ3n) is 2.38. The zero-order valence-corrected chi connectivity index (χ0v) is 11.2. The van der Waals surface area contributed by atoms with E-state index in [0.717, 1.165) is 5.56 Å². The molecular formula is C12H10BrClN2O. The van der Waals surface area contributed by atoms with Crippen LogP contribution in [0.2, 0.25) is 5.02 Å². The standard InChI is InChI=1S/C12H10BrClN2O/c13-10-2-1-5-16(12(10)17)7-8-6-9(15)3-4-11(8)14/h1-6H,7,15H2. The van der Waals surface area contributed by atoms with E-state index in [1.54, 1.807) is 41.1 Å². The Kier molecular flexibility index (Phi) is 3.54. The van der Waals surface area contributed by atoms with Gasteiger partial charge in [-0.25, -0.2) is 0 Å². The fourth-order valence-electron chi connectivity index (χ4n) is 1.53. The number of benzene rings is 1. The van der Waals surface area contributed by atoms with Gasteiger partial charge in [0.25, 0.3) is 5.56 Å². The van der Waals surface area contributed by atoms with Gasteiger partial charge in [0, 0.05) is 16.9 Å². The van der Waals surface area contributed by atoms with Gasteiger partial charge in [-0.05, 0) is 51.8 Å². The number of hydrogen-bond acceptors (Lipinski definition) is 2. The summed E-state index contributed by atoms with van der Waals surface area (Å²) < 4.78 is 2.10. The van der Waals surface area contributed by atoms with E-state index < -0.39 is 0 Å². The number of halogens is 2. The van der Waals surface area contributed by atoms with Gasteiger partial charge in [0.05, 0.1) is 11.0 Å². The first kappa shape index (κ1) is 12.2. The lowest BCUT2D eigenvalue weighted by atomic mass is 10.2. The quantitative estimate of drug-likeness (QED) is 0.867. The monoisotopic (exact) mass is 312 g/mol. The highest BCUT2D eigenvalue weighted by molar-refractivity contribution is 9.10. The van der Waals surface area contributed by atoms with E-state index in [1.807, 2.05) is 0 Å². The van der Waals surface area contributed by atoms with Crippen LogP contribution >= 0.6 is 27.5 Å². The molecule has 2 rings (SSSR count). The van der Waals surface area contributed by atoms with Crippen LogP contribution in [0.3, 0.4) is 0 Å². The van der Waals surface area contributed by atoms with Crippen molar-refractivity contribution >= 4 is 33.2 Å². The van der Waals surface area contributed by atoms with Gasteiger partial charge >= 0.3 is 0 Å². The lowest BCUT2D eigenvalue weighted by Crippen LogP contribution is -2.20. The summed E-state index contributed by atoms with van der Waals surface area (Å²) in [6.45, 7) is 0.405. The maximum atomic E-state index is 11.8. The molecule has 2 N–H and O–H groups in total. The van der Waals surface area contributed by atoms with Crippen LogP contribution in [0.5, 0.6) is 0 Å². The molecule has 88 valence electrons. The first-order chi connectivity index (χ1) is 8.08. The Hall–Kier alpha value is -1.26. The average Bonchev–Trinajstić information content (AvgIpc) is 2.30. The molecule has 0 atom stereocenters. The molecule has 0 bridgehead atoms. The fraction of sp³-hybridized carbons (Fsp3) is 0.0833. The number of aromatic nitrogens is 1. The van der Waals surface area contributed by atoms with Gasteiger partial charge in [0.15, 0.2) is 0 Å². The smallest absolute Gasteiger partial charge is 0.265 e. The second-order valence-corrected chi connectivity index (χ2v) is 4.90. The number of nitrogens with zero attached hydrogens (tertiary/aromatic N) is 1. The van der Waals surface area contributed by atoms with E-state index in [0.29, 0.717) is 21.7 Å². The maximum absolute atomic E-state index is 11.8. The molecule has 0 radical (unpaired) electrons. The van der Waals surface area contributed by atoms with E-state index in [9.17, 15) is 4.79 Å². The Balaban J connectivity index is 2.41. The number of nitrogens with two attached hydrogens (primary N) is 1. The number of rotatable bonds is 2. The maximum Gasteiger partial charge on any atom is 0.265 e. The van der Waals surface area contributed by atoms with Crippen molar-refractivity contribution in [2.45, 2.75) is 6.54 Å². The van der Waals surface area contributed by atoms with Crippen LogP contribution in [-0.4, -0.2) is 4.57 Å². The summed E-state index contributed by atoms with van der Waals surface area (Å²) in [5.41, 5.74) is 7.06. The molecule has 0 fully saturated rings. The number of pyridine rings is 1. The van der Waals surface area contributed by atoms with E-state index in [2.05, 4.69) is 15.9 Å². The molecule has 0 aliphatic heterocycles. The van der Waals surface area contributed by atoms with E-state index in [1.165, 1.54) is 0 Å². The van der Waals surface area contributed by atoms with Gasteiger partial charge in [-0.2, -0.15) is 0 Å². The lowest BCUT2D eigenvalue weighted by molar-refractivity contribution is 0.755. The third kappa shape index (κ3) is 2.70. The summed E-state index contributed by atoms with van der Waals surface area (Å²) in [7, 11) is 0. The number of anilines is 1. The largest absolute Gasteiger partial charge is 0.399 e. The molecule has 0 aliphatic rings. The molecule has 1 heterocycles. The lowest BCUT2D eigenvalue weighted by Gasteiger charge is -2.08. The van der Waals surface area contributed by atoms with Gasteiger partial charge < -0.3 is 10.3 Å². The highest BCUT2D eigenvalue weighted by Crippen LogP contribution is 2.19. The average molecular weight is 314 g/mol. The van der Waals surface area contributed by atoms with Crippen molar-refractivity contribution in [3.63, 3.8) is 0 Å². The van der Waals surface area contributed by atoms with Gasteiger partial charge in [-0.1, -0.05) is 11.6 Å². The third-order valence-corrected chi connectivity index (χ3v) is 3.36. The number of hydrogen-bond donors (Lipinski definition) is 1. The molecule has 0 saturated heterocycles. The second-order valence-electron chi connectivity index (χ2n) is 3.64. The minimum absolute atomic E-state index is 0.0917. The minimum Gasteiger partial charge on any atom is -0.399 e. The fourth-order valence-corrected chi connectivity index (χ4v) is 2.09. The van der Waals surface area contributed by atoms with Gasteiger partial charge in [0.1, 0.15) is 0 Å². The first-order valence-corrected chi connectivity index (χ1v) is 6.14. The highest BCUT2D eigenvalue weighted by Gasteiger charge is 2.05. The molecule has 0 saturated carbocycles. The molecule has 0 amide bonds. The van der Waals surface area contributed by atoms with Crippen molar-refractivity contribution in [2.75, 3.05) is 5.73 Å². The van der Waals surface area contributed by atoms with Gasteiger partial charge in [0.2, 0.25) is 0 Å². The summed E-state index contributed by atoms with van der Waals surface area (Å²) in [6, 6.07) is 8.74. The molecule has 1 aromatic carbocycles. The molecule has 0 spiro atoms. The Morgan fingerprint density at radius 3 is 2.88 bits per heavy atom.